The molecule has 0 aliphatic carbocycles. The van der Waals surface area contributed by atoms with Crippen LogP contribution >= 0.6 is 11.8 Å². The van der Waals surface area contributed by atoms with Gasteiger partial charge in [-0.15, -0.1) is 10.2 Å². The van der Waals surface area contributed by atoms with Gasteiger partial charge in [0.2, 0.25) is 0 Å². The van der Waals surface area contributed by atoms with Gasteiger partial charge >= 0.3 is 0 Å². The molecule has 0 radical (unpaired) electrons. The molecule has 7 heteroatoms. The van der Waals surface area contributed by atoms with E-state index in [2.05, 4.69) is 10.2 Å². The minimum atomic E-state index is -0.618. The van der Waals surface area contributed by atoms with Crippen molar-refractivity contribution in [2.24, 2.45) is 0 Å². The Morgan fingerprint density at radius 3 is 2.52 bits per heavy atom. The summed E-state index contributed by atoms with van der Waals surface area (Å²) in [5, 5.41) is 18.9. The van der Waals surface area contributed by atoms with Crippen molar-refractivity contribution in [1.29, 1.82) is 0 Å². The third-order valence-electron chi connectivity index (χ3n) is 3.46. The minimum Gasteiger partial charge on any atom is -0.497 e. The minimum absolute atomic E-state index is 0.207. The monoisotopic (exact) mass is 357 g/mol. The van der Waals surface area contributed by atoms with Crippen LogP contribution in [0, 0.1) is 0 Å². The summed E-state index contributed by atoms with van der Waals surface area (Å²) >= 11 is 1.44. The number of thioether (sulfide) groups is 1. The maximum absolute atomic E-state index is 10.1. The van der Waals surface area contributed by atoms with E-state index in [1.165, 1.54) is 11.8 Å². The van der Waals surface area contributed by atoms with Crippen molar-refractivity contribution in [2.75, 3.05) is 19.5 Å². The Kier molecular flexibility index (Phi) is 5.92. The molecule has 1 heterocycles. The van der Waals surface area contributed by atoms with E-state index in [9.17, 15) is 5.11 Å². The molecule has 0 saturated heterocycles. The first-order valence-corrected chi connectivity index (χ1v) is 8.78. The quantitative estimate of drug-likeness (QED) is 0.625. The van der Waals surface area contributed by atoms with Crippen molar-refractivity contribution >= 4 is 11.8 Å². The molecular weight excluding hydrogens is 338 g/mol. The van der Waals surface area contributed by atoms with Crippen LogP contribution in [0.3, 0.4) is 0 Å². The van der Waals surface area contributed by atoms with Gasteiger partial charge in [0.25, 0.3) is 0 Å². The average molecular weight is 357 g/mol. The molecule has 0 aliphatic heterocycles. The van der Waals surface area contributed by atoms with Crippen LogP contribution in [0.5, 0.6) is 11.5 Å². The fraction of sp³-hybridized carbons (Fsp3) is 0.222. The fourth-order valence-electron chi connectivity index (χ4n) is 2.17. The van der Waals surface area contributed by atoms with Gasteiger partial charge in [0.1, 0.15) is 24.4 Å². The highest BCUT2D eigenvalue weighted by Gasteiger charge is 2.11. The zero-order chi connectivity index (χ0) is 17.5. The molecule has 0 aliphatic rings. The summed E-state index contributed by atoms with van der Waals surface area (Å²) in [6, 6.07) is 17.1. The van der Waals surface area contributed by atoms with Gasteiger partial charge in [0.15, 0.2) is 5.16 Å². The van der Waals surface area contributed by atoms with E-state index >= 15 is 0 Å². The van der Waals surface area contributed by atoms with Crippen molar-refractivity contribution in [1.82, 2.24) is 14.8 Å². The van der Waals surface area contributed by atoms with Crippen LogP contribution in [0.25, 0.3) is 5.69 Å². The first kappa shape index (κ1) is 17.3. The maximum atomic E-state index is 10.1. The number of hydrogen-bond acceptors (Lipinski definition) is 6. The Bertz CT molecular complexity index is 778. The van der Waals surface area contributed by atoms with Crippen molar-refractivity contribution in [3.05, 3.63) is 60.9 Å². The first-order chi connectivity index (χ1) is 12.3. The summed E-state index contributed by atoms with van der Waals surface area (Å²) in [7, 11) is 1.62. The molecule has 0 bridgehead atoms. The van der Waals surface area contributed by atoms with Crippen LogP contribution in [0.4, 0.5) is 0 Å². The zero-order valence-corrected chi connectivity index (χ0v) is 14.6. The number of rotatable bonds is 8. The summed E-state index contributed by atoms with van der Waals surface area (Å²) in [5.74, 6) is 1.92. The predicted molar refractivity (Wildman–Crippen MR) is 96.6 cm³/mol. The lowest BCUT2D eigenvalue weighted by Crippen LogP contribution is -2.20. The Morgan fingerprint density at radius 2 is 1.80 bits per heavy atom. The van der Waals surface area contributed by atoms with Crippen molar-refractivity contribution in [3.63, 3.8) is 0 Å². The van der Waals surface area contributed by atoms with Crippen LogP contribution in [0.15, 0.2) is 66.1 Å². The van der Waals surface area contributed by atoms with Crippen LogP contribution < -0.4 is 9.47 Å². The van der Waals surface area contributed by atoms with Gasteiger partial charge in [-0.2, -0.15) is 0 Å². The molecule has 2 aromatic carbocycles. The summed E-state index contributed by atoms with van der Waals surface area (Å²) in [5.41, 5.74) is 0.985. The van der Waals surface area contributed by atoms with Gasteiger partial charge in [-0.05, 0) is 36.4 Å². The number of nitrogens with zero attached hydrogens (tertiary/aromatic N) is 3. The van der Waals surface area contributed by atoms with Crippen LogP contribution in [0.1, 0.15) is 0 Å². The lowest BCUT2D eigenvalue weighted by molar-refractivity contribution is 0.126. The smallest absolute Gasteiger partial charge is 0.195 e. The fourth-order valence-corrected chi connectivity index (χ4v) is 3.01. The molecule has 0 spiro atoms. The highest BCUT2D eigenvalue weighted by atomic mass is 32.2. The molecule has 3 rings (SSSR count). The molecule has 3 aromatic rings. The van der Waals surface area contributed by atoms with Gasteiger partial charge in [-0.25, -0.2) is 0 Å². The largest absolute Gasteiger partial charge is 0.497 e. The van der Waals surface area contributed by atoms with Crippen molar-refractivity contribution < 1.29 is 14.6 Å². The lowest BCUT2D eigenvalue weighted by Gasteiger charge is -2.12. The number of aromatic nitrogens is 3. The molecule has 1 unspecified atom stereocenters. The van der Waals surface area contributed by atoms with E-state index < -0.39 is 6.10 Å². The van der Waals surface area contributed by atoms with Crippen LogP contribution in [-0.2, 0) is 0 Å². The standard InChI is InChI=1S/C18H19N3O3S/c1-23-16-7-9-17(10-8-16)24-11-15(22)12-25-18-20-19-13-21(18)14-5-3-2-4-6-14/h2-10,13,15,22H,11-12H2,1H3. The van der Waals surface area contributed by atoms with E-state index in [0.717, 1.165) is 16.6 Å². The van der Waals surface area contributed by atoms with Crippen molar-refractivity contribution in [2.45, 2.75) is 11.3 Å². The van der Waals surface area contributed by atoms with E-state index in [1.54, 1.807) is 13.4 Å². The Labute approximate surface area is 150 Å². The van der Waals surface area contributed by atoms with Gasteiger partial charge in [-0.1, -0.05) is 30.0 Å². The second-order valence-electron chi connectivity index (χ2n) is 5.27. The Balaban J connectivity index is 1.51. The number of para-hydroxylation sites is 1. The molecule has 6 nitrogen and oxygen atoms in total. The van der Waals surface area contributed by atoms with Gasteiger partial charge in [0.05, 0.1) is 13.2 Å². The molecule has 0 fully saturated rings. The normalized spacial score (nSPS) is 11.9. The first-order valence-electron chi connectivity index (χ1n) is 7.79. The molecule has 1 N–H and O–H groups in total. The van der Waals surface area contributed by atoms with E-state index in [-0.39, 0.29) is 6.61 Å². The molecule has 130 valence electrons. The highest BCUT2D eigenvalue weighted by Crippen LogP contribution is 2.21. The number of hydrogen-bond donors (Lipinski definition) is 1. The topological polar surface area (TPSA) is 69.4 Å². The predicted octanol–water partition coefficient (Wildman–Crippen LogP) is 2.81. The SMILES string of the molecule is COc1ccc(OCC(O)CSc2nncn2-c2ccccc2)cc1. The zero-order valence-electron chi connectivity index (χ0n) is 13.8. The van der Waals surface area contributed by atoms with Crippen molar-refractivity contribution in [3.8, 4) is 17.2 Å². The molecule has 0 saturated carbocycles. The molecule has 25 heavy (non-hydrogen) atoms. The third kappa shape index (κ3) is 4.74. The summed E-state index contributed by atoms with van der Waals surface area (Å²) in [6.07, 6.45) is 1.05. The van der Waals surface area contributed by atoms with Crippen LogP contribution in [0.2, 0.25) is 0 Å². The Hall–Kier alpha value is -2.51. The summed E-state index contributed by atoms with van der Waals surface area (Å²) in [6.45, 7) is 0.207. The number of benzene rings is 2. The molecule has 1 atom stereocenters. The van der Waals surface area contributed by atoms with Crippen LogP contribution in [-0.4, -0.2) is 45.4 Å². The number of aliphatic hydroxyl groups is 1. The van der Waals surface area contributed by atoms with E-state index in [1.807, 2.05) is 59.2 Å². The summed E-state index contributed by atoms with van der Waals surface area (Å²) < 4.78 is 12.6. The van der Waals surface area contributed by atoms with E-state index in [0.29, 0.717) is 11.5 Å². The molecule has 0 amide bonds. The highest BCUT2D eigenvalue weighted by molar-refractivity contribution is 7.99. The number of methoxy groups -OCH3 is 1. The average Bonchev–Trinajstić information content (AvgIpc) is 3.14. The second-order valence-corrected chi connectivity index (χ2v) is 6.26. The van der Waals surface area contributed by atoms with Gasteiger partial charge < -0.3 is 14.6 Å². The molecule has 1 aromatic heterocycles. The second kappa shape index (κ2) is 8.55. The number of ether oxygens (including phenoxy) is 2. The van der Waals surface area contributed by atoms with Gasteiger partial charge in [-0.3, -0.25) is 4.57 Å². The third-order valence-corrected chi connectivity index (χ3v) is 4.55. The van der Waals surface area contributed by atoms with Gasteiger partial charge in [0, 0.05) is 11.4 Å². The molecular formula is C18H19N3O3S. The lowest BCUT2D eigenvalue weighted by atomic mass is 10.3. The summed E-state index contributed by atoms with van der Waals surface area (Å²) in [4.78, 5) is 0. The number of aliphatic hydroxyl groups excluding tert-OH is 1. The maximum Gasteiger partial charge on any atom is 0.195 e. The van der Waals surface area contributed by atoms with E-state index in [4.69, 9.17) is 9.47 Å². The Morgan fingerprint density at radius 1 is 1.08 bits per heavy atom.